The van der Waals surface area contributed by atoms with Gasteiger partial charge in [-0.15, -0.1) is 0 Å². The van der Waals surface area contributed by atoms with Gasteiger partial charge in [-0.2, -0.15) is 0 Å². The number of carbonyl (C=O) groups is 5. The normalized spacial score (nSPS) is 13.4. The SMILES string of the molecule is O=C(O)C[C@H](C(=O)O)C(C(=O)O)[C@H](CC(=O)O)C(=O)O. The van der Waals surface area contributed by atoms with Gasteiger partial charge in [0.15, 0.2) is 0 Å². The van der Waals surface area contributed by atoms with Gasteiger partial charge in [-0.3, -0.25) is 24.0 Å². The fourth-order valence-electron chi connectivity index (χ4n) is 1.74. The Bertz CT molecular complexity index is 405. The van der Waals surface area contributed by atoms with Crippen molar-refractivity contribution >= 4 is 29.8 Å². The Morgan fingerprint density at radius 1 is 0.600 bits per heavy atom. The molecule has 0 saturated carbocycles. The highest BCUT2D eigenvalue weighted by Gasteiger charge is 2.45. The molecule has 2 atom stereocenters. The Hall–Kier alpha value is -2.65. The van der Waals surface area contributed by atoms with Crippen molar-refractivity contribution in [2.24, 2.45) is 17.8 Å². The molecular weight excluding hydrogens is 280 g/mol. The molecule has 0 aromatic carbocycles. The summed E-state index contributed by atoms with van der Waals surface area (Å²) in [6.45, 7) is 0. The van der Waals surface area contributed by atoms with Gasteiger partial charge in [-0.25, -0.2) is 0 Å². The average Bonchev–Trinajstić information content (AvgIpc) is 2.24. The van der Waals surface area contributed by atoms with Gasteiger partial charge in [0.25, 0.3) is 0 Å². The lowest BCUT2D eigenvalue weighted by molar-refractivity contribution is -0.166. The lowest BCUT2D eigenvalue weighted by Crippen LogP contribution is -2.41. The van der Waals surface area contributed by atoms with Crippen LogP contribution >= 0.6 is 0 Å². The van der Waals surface area contributed by atoms with Crippen LogP contribution in [-0.4, -0.2) is 55.4 Å². The molecule has 0 saturated heterocycles. The van der Waals surface area contributed by atoms with Gasteiger partial charge in [0.1, 0.15) is 0 Å². The Balaban J connectivity index is 5.59. The summed E-state index contributed by atoms with van der Waals surface area (Å²) in [7, 11) is 0. The van der Waals surface area contributed by atoms with Crippen molar-refractivity contribution in [1.82, 2.24) is 0 Å². The third-order valence-electron chi connectivity index (χ3n) is 2.58. The molecule has 0 aromatic heterocycles. The smallest absolute Gasteiger partial charge is 0.308 e. The number of hydrogen-bond donors (Lipinski definition) is 5. The Morgan fingerprint density at radius 3 is 1.05 bits per heavy atom. The number of rotatable bonds is 9. The summed E-state index contributed by atoms with van der Waals surface area (Å²) >= 11 is 0. The average molecular weight is 292 g/mol. The molecule has 0 aromatic rings. The number of carboxylic acids is 5. The molecular formula is C10H12O10. The molecule has 0 fully saturated rings. The van der Waals surface area contributed by atoms with E-state index in [9.17, 15) is 24.0 Å². The van der Waals surface area contributed by atoms with Crippen LogP contribution < -0.4 is 0 Å². The highest BCUT2D eigenvalue weighted by Crippen LogP contribution is 2.28. The first kappa shape index (κ1) is 17.4. The van der Waals surface area contributed by atoms with E-state index >= 15 is 0 Å². The molecule has 0 aliphatic rings. The molecule has 0 rings (SSSR count). The summed E-state index contributed by atoms with van der Waals surface area (Å²) in [5, 5.41) is 43.7. The van der Waals surface area contributed by atoms with E-state index in [0.717, 1.165) is 0 Å². The van der Waals surface area contributed by atoms with Gasteiger partial charge in [-0.1, -0.05) is 0 Å². The van der Waals surface area contributed by atoms with Crippen LogP contribution in [0.15, 0.2) is 0 Å². The van der Waals surface area contributed by atoms with Gasteiger partial charge >= 0.3 is 29.8 Å². The minimum Gasteiger partial charge on any atom is -0.481 e. The van der Waals surface area contributed by atoms with Crippen molar-refractivity contribution in [2.45, 2.75) is 12.8 Å². The van der Waals surface area contributed by atoms with Crippen LogP contribution in [0, 0.1) is 17.8 Å². The van der Waals surface area contributed by atoms with Crippen LogP contribution in [0.4, 0.5) is 0 Å². The third-order valence-corrected chi connectivity index (χ3v) is 2.58. The maximum Gasteiger partial charge on any atom is 0.308 e. The van der Waals surface area contributed by atoms with Crippen LogP contribution in [-0.2, 0) is 24.0 Å². The van der Waals surface area contributed by atoms with E-state index in [1.807, 2.05) is 0 Å². The zero-order valence-corrected chi connectivity index (χ0v) is 9.92. The molecule has 0 amide bonds. The quantitative estimate of drug-likeness (QED) is 0.354. The van der Waals surface area contributed by atoms with Gasteiger partial charge < -0.3 is 25.5 Å². The topological polar surface area (TPSA) is 186 Å². The summed E-state index contributed by atoms with van der Waals surface area (Å²) < 4.78 is 0. The van der Waals surface area contributed by atoms with Gasteiger partial charge in [0.05, 0.1) is 30.6 Å². The second kappa shape index (κ2) is 7.07. The minimum atomic E-state index is -2.17. The van der Waals surface area contributed by atoms with E-state index in [-0.39, 0.29) is 0 Å². The molecule has 10 nitrogen and oxygen atoms in total. The van der Waals surface area contributed by atoms with Crippen molar-refractivity contribution in [3.05, 3.63) is 0 Å². The molecule has 20 heavy (non-hydrogen) atoms. The maximum absolute atomic E-state index is 11.0. The third kappa shape index (κ3) is 4.92. The number of carboxylic acid groups (broad SMARTS) is 5. The predicted molar refractivity (Wildman–Crippen MR) is 57.9 cm³/mol. The van der Waals surface area contributed by atoms with Crippen LogP contribution in [0.5, 0.6) is 0 Å². The number of hydrogen-bond acceptors (Lipinski definition) is 5. The predicted octanol–water partition coefficient (Wildman–Crippen LogP) is -0.962. The molecule has 0 heterocycles. The monoisotopic (exact) mass is 292 g/mol. The molecule has 0 aliphatic carbocycles. The van der Waals surface area contributed by atoms with Gasteiger partial charge in [0, 0.05) is 0 Å². The highest BCUT2D eigenvalue weighted by molar-refractivity contribution is 5.89. The second-order valence-electron chi connectivity index (χ2n) is 3.95. The number of aliphatic carboxylic acids is 5. The molecule has 0 aliphatic heterocycles. The molecule has 0 bridgehead atoms. The van der Waals surface area contributed by atoms with Crippen molar-refractivity contribution < 1.29 is 49.5 Å². The zero-order chi connectivity index (χ0) is 16.0. The lowest BCUT2D eigenvalue weighted by Gasteiger charge is -2.23. The standard InChI is InChI=1S/C10H12O10/c11-5(12)1-3(8(15)16)7(10(19)20)4(9(17)18)2-6(13)14/h3-4,7H,1-2H2,(H,11,12)(H,13,14)(H,15,16)(H,17,18)(H,19,20)/t3-,4-/m0/s1. The summed E-state index contributed by atoms with van der Waals surface area (Å²) in [6.07, 6.45) is -2.26. The maximum atomic E-state index is 11.0. The fraction of sp³-hybridized carbons (Fsp3) is 0.500. The van der Waals surface area contributed by atoms with Gasteiger partial charge in [0.2, 0.25) is 0 Å². The van der Waals surface area contributed by atoms with Crippen molar-refractivity contribution in [3.63, 3.8) is 0 Å². The molecule has 0 unspecified atom stereocenters. The summed E-state index contributed by atoms with van der Waals surface area (Å²) in [6, 6.07) is 0. The molecule has 0 radical (unpaired) electrons. The first-order valence-electron chi connectivity index (χ1n) is 5.19. The fourth-order valence-corrected chi connectivity index (χ4v) is 1.74. The highest BCUT2D eigenvalue weighted by atomic mass is 16.4. The van der Waals surface area contributed by atoms with Crippen molar-refractivity contribution in [2.75, 3.05) is 0 Å². The molecule has 5 N–H and O–H groups in total. The molecule has 10 heteroatoms. The molecule has 0 spiro atoms. The van der Waals surface area contributed by atoms with E-state index in [0.29, 0.717) is 0 Å². The summed E-state index contributed by atoms with van der Waals surface area (Å²) in [4.78, 5) is 54.0. The summed E-state index contributed by atoms with van der Waals surface area (Å²) in [5.41, 5.74) is 0. The van der Waals surface area contributed by atoms with E-state index in [2.05, 4.69) is 0 Å². The van der Waals surface area contributed by atoms with E-state index in [1.54, 1.807) is 0 Å². The van der Waals surface area contributed by atoms with E-state index < -0.39 is 60.4 Å². The van der Waals surface area contributed by atoms with Crippen LogP contribution in [0.1, 0.15) is 12.8 Å². The van der Waals surface area contributed by atoms with Crippen LogP contribution in [0.2, 0.25) is 0 Å². The van der Waals surface area contributed by atoms with E-state index in [4.69, 9.17) is 25.5 Å². The van der Waals surface area contributed by atoms with Gasteiger partial charge in [-0.05, 0) is 0 Å². The summed E-state index contributed by atoms with van der Waals surface area (Å²) in [5.74, 6) is -15.1. The van der Waals surface area contributed by atoms with Crippen LogP contribution in [0.25, 0.3) is 0 Å². The van der Waals surface area contributed by atoms with E-state index in [1.165, 1.54) is 0 Å². The van der Waals surface area contributed by atoms with Crippen molar-refractivity contribution in [1.29, 1.82) is 0 Å². The second-order valence-corrected chi connectivity index (χ2v) is 3.95. The Kier molecular flexibility index (Phi) is 6.13. The molecule has 112 valence electrons. The zero-order valence-electron chi connectivity index (χ0n) is 9.92. The Morgan fingerprint density at radius 2 is 0.900 bits per heavy atom. The lowest BCUT2D eigenvalue weighted by atomic mass is 9.78. The first-order valence-corrected chi connectivity index (χ1v) is 5.19. The first-order chi connectivity index (χ1) is 9.07. The van der Waals surface area contributed by atoms with Crippen molar-refractivity contribution in [3.8, 4) is 0 Å². The van der Waals surface area contributed by atoms with Crippen LogP contribution in [0.3, 0.4) is 0 Å². The Labute approximate surface area is 111 Å². The largest absolute Gasteiger partial charge is 0.481 e. The minimum absolute atomic E-state index is 1.13.